The Bertz CT molecular complexity index is 403. The largest absolute Gasteiger partial charge is 0.316 e. The topological polar surface area (TPSA) is 24.1 Å². The molecular weight excluding hydrogens is 288 g/mol. The molecule has 0 radical (unpaired) electrons. The molecule has 2 nitrogen and oxygen atoms in total. The van der Waals surface area contributed by atoms with Gasteiger partial charge in [0, 0.05) is 10.5 Å². The van der Waals surface area contributed by atoms with Gasteiger partial charge in [0.05, 0.1) is 0 Å². The molecule has 3 rings (SSSR count). The number of halogens is 1. The van der Waals surface area contributed by atoms with Crippen LogP contribution in [0, 0.1) is 11.8 Å². The van der Waals surface area contributed by atoms with Gasteiger partial charge in [0.1, 0.15) is 0 Å². The molecule has 1 aromatic rings. The fraction of sp³-hybridized carbons (Fsp3) is 0.600. The zero-order valence-corrected chi connectivity index (χ0v) is 12.2. The van der Waals surface area contributed by atoms with E-state index in [4.69, 9.17) is 0 Å². The monoisotopic (exact) mass is 308 g/mol. The maximum Gasteiger partial charge on any atom is 0.0207 e. The van der Waals surface area contributed by atoms with Gasteiger partial charge < -0.3 is 10.6 Å². The number of benzene rings is 1. The molecule has 1 heterocycles. The van der Waals surface area contributed by atoms with Crippen LogP contribution in [-0.2, 0) is 6.42 Å². The van der Waals surface area contributed by atoms with Crippen LogP contribution in [0.3, 0.4) is 0 Å². The molecule has 1 aliphatic heterocycles. The average Bonchev–Trinajstić information content (AvgIpc) is 3.10. The fourth-order valence-electron chi connectivity index (χ4n) is 2.82. The average molecular weight is 309 g/mol. The lowest BCUT2D eigenvalue weighted by molar-refractivity contribution is 0.391. The van der Waals surface area contributed by atoms with Gasteiger partial charge in [-0.1, -0.05) is 34.1 Å². The summed E-state index contributed by atoms with van der Waals surface area (Å²) < 4.78 is 1.26. The maximum atomic E-state index is 3.68. The van der Waals surface area contributed by atoms with Crippen molar-refractivity contribution in [1.29, 1.82) is 0 Å². The van der Waals surface area contributed by atoms with E-state index in [-0.39, 0.29) is 0 Å². The molecule has 0 bridgehead atoms. The van der Waals surface area contributed by atoms with Gasteiger partial charge in [-0.2, -0.15) is 0 Å². The molecule has 18 heavy (non-hydrogen) atoms. The first-order chi connectivity index (χ1) is 8.83. The van der Waals surface area contributed by atoms with E-state index in [2.05, 4.69) is 50.8 Å². The Kier molecular flexibility index (Phi) is 4.02. The van der Waals surface area contributed by atoms with Crippen molar-refractivity contribution in [2.45, 2.75) is 25.3 Å². The van der Waals surface area contributed by atoms with Gasteiger partial charge >= 0.3 is 0 Å². The standard InChI is InChI=1S/C15H21BrN2/c16-15-4-2-1-3-11(15)7-12-8-17-9-13(12)10-18-14-5-6-14/h1-4,12-14,17-18H,5-10H2/t12-,13-/m1/s1. The fourth-order valence-corrected chi connectivity index (χ4v) is 3.26. The smallest absolute Gasteiger partial charge is 0.0207 e. The zero-order valence-electron chi connectivity index (χ0n) is 10.7. The van der Waals surface area contributed by atoms with E-state index in [1.165, 1.54) is 48.9 Å². The van der Waals surface area contributed by atoms with E-state index in [1.807, 2.05) is 0 Å². The van der Waals surface area contributed by atoms with Crippen LogP contribution in [0.1, 0.15) is 18.4 Å². The number of rotatable bonds is 5. The number of nitrogens with one attached hydrogen (secondary N) is 2. The van der Waals surface area contributed by atoms with Gasteiger partial charge in [-0.3, -0.25) is 0 Å². The highest BCUT2D eigenvalue weighted by molar-refractivity contribution is 9.10. The van der Waals surface area contributed by atoms with Crippen LogP contribution in [0.15, 0.2) is 28.7 Å². The Balaban J connectivity index is 1.58. The summed E-state index contributed by atoms with van der Waals surface area (Å²) >= 11 is 3.66. The third-order valence-electron chi connectivity index (χ3n) is 4.17. The van der Waals surface area contributed by atoms with Crippen molar-refractivity contribution >= 4 is 15.9 Å². The van der Waals surface area contributed by atoms with E-state index < -0.39 is 0 Å². The highest BCUT2D eigenvalue weighted by Gasteiger charge is 2.29. The Labute approximate surface area is 118 Å². The molecule has 2 fully saturated rings. The van der Waals surface area contributed by atoms with Gasteiger partial charge in [-0.05, 0) is 62.4 Å². The minimum Gasteiger partial charge on any atom is -0.316 e. The second-order valence-electron chi connectivity index (χ2n) is 5.66. The predicted octanol–water partition coefficient (Wildman–Crippen LogP) is 2.58. The highest BCUT2D eigenvalue weighted by Crippen LogP contribution is 2.26. The summed E-state index contributed by atoms with van der Waals surface area (Å²) in [6.07, 6.45) is 3.95. The minimum absolute atomic E-state index is 0.773. The van der Waals surface area contributed by atoms with Crippen LogP contribution in [0.25, 0.3) is 0 Å². The van der Waals surface area contributed by atoms with Crippen molar-refractivity contribution in [3.63, 3.8) is 0 Å². The molecule has 3 heteroatoms. The zero-order chi connectivity index (χ0) is 12.4. The molecule has 2 N–H and O–H groups in total. The molecule has 98 valence electrons. The lowest BCUT2D eigenvalue weighted by Gasteiger charge is -2.19. The van der Waals surface area contributed by atoms with E-state index in [1.54, 1.807) is 0 Å². The van der Waals surface area contributed by atoms with Crippen molar-refractivity contribution in [3.05, 3.63) is 34.3 Å². The van der Waals surface area contributed by atoms with Crippen LogP contribution in [0.5, 0.6) is 0 Å². The van der Waals surface area contributed by atoms with Crippen molar-refractivity contribution in [2.75, 3.05) is 19.6 Å². The Hall–Kier alpha value is -0.380. The van der Waals surface area contributed by atoms with Gasteiger partial charge in [0.15, 0.2) is 0 Å². The van der Waals surface area contributed by atoms with Gasteiger partial charge in [0.2, 0.25) is 0 Å². The first-order valence-electron chi connectivity index (χ1n) is 7.00. The van der Waals surface area contributed by atoms with E-state index in [0.29, 0.717) is 0 Å². The molecule has 1 saturated heterocycles. The lowest BCUT2D eigenvalue weighted by atomic mass is 9.89. The molecule has 0 aromatic heterocycles. The molecular formula is C15H21BrN2. The maximum absolute atomic E-state index is 3.68. The summed E-state index contributed by atoms with van der Waals surface area (Å²) in [5, 5.41) is 7.23. The summed E-state index contributed by atoms with van der Waals surface area (Å²) in [5.41, 5.74) is 1.45. The third kappa shape index (κ3) is 3.14. The van der Waals surface area contributed by atoms with Crippen molar-refractivity contribution in [1.82, 2.24) is 10.6 Å². The first-order valence-corrected chi connectivity index (χ1v) is 7.80. The van der Waals surface area contributed by atoms with E-state index in [0.717, 1.165) is 17.9 Å². The van der Waals surface area contributed by atoms with Crippen LogP contribution in [0.4, 0.5) is 0 Å². The van der Waals surface area contributed by atoms with Crippen LogP contribution in [-0.4, -0.2) is 25.7 Å². The van der Waals surface area contributed by atoms with E-state index >= 15 is 0 Å². The Morgan fingerprint density at radius 3 is 2.72 bits per heavy atom. The van der Waals surface area contributed by atoms with Crippen molar-refractivity contribution in [2.24, 2.45) is 11.8 Å². The molecule has 2 atom stereocenters. The molecule has 0 spiro atoms. The quantitative estimate of drug-likeness (QED) is 0.873. The molecule has 2 aliphatic rings. The SMILES string of the molecule is Brc1ccccc1C[C@@H]1CNC[C@@H]1CNC1CC1. The van der Waals surface area contributed by atoms with Crippen LogP contribution in [0.2, 0.25) is 0 Å². The highest BCUT2D eigenvalue weighted by atomic mass is 79.9. The summed E-state index contributed by atoms with van der Waals surface area (Å²) in [5.74, 6) is 1.56. The Morgan fingerprint density at radius 1 is 1.17 bits per heavy atom. The Morgan fingerprint density at radius 2 is 1.94 bits per heavy atom. The molecule has 1 saturated carbocycles. The predicted molar refractivity (Wildman–Crippen MR) is 78.7 cm³/mol. The molecule has 1 aliphatic carbocycles. The third-order valence-corrected chi connectivity index (χ3v) is 4.94. The molecule has 1 aromatic carbocycles. The normalized spacial score (nSPS) is 27.6. The van der Waals surface area contributed by atoms with Crippen molar-refractivity contribution in [3.8, 4) is 0 Å². The second-order valence-corrected chi connectivity index (χ2v) is 6.51. The first kappa shape index (κ1) is 12.6. The van der Waals surface area contributed by atoms with Gasteiger partial charge in [-0.15, -0.1) is 0 Å². The summed E-state index contributed by atoms with van der Waals surface area (Å²) in [6.45, 7) is 3.53. The minimum atomic E-state index is 0.773. The summed E-state index contributed by atoms with van der Waals surface area (Å²) in [4.78, 5) is 0. The molecule has 0 amide bonds. The van der Waals surface area contributed by atoms with Crippen LogP contribution >= 0.6 is 15.9 Å². The summed E-state index contributed by atoms with van der Waals surface area (Å²) in [6, 6.07) is 9.45. The summed E-state index contributed by atoms with van der Waals surface area (Å²) in [7, 11) is 0. The van der Waals surface area contributed by atoms with Crippen molar-refractivity contribution < 1.29 is 0 Å². The number of hydrogen-bond donors (Lipinski definition) is 2. The number of hydrogen-bond acceptors (Lipinski definition) is 2. The van der Waals surface area contributed by atoms with Gasteiger partial charge in [0.25, 0.3) is 0 Å². The van der Waals surface area contributed by atoms with Crippen LogP contribution < -0.4 is 10.6 Å². The lowest BCUT2D eigenvalue weighted by Crippen LogP contribution is -2.30. The second kappa shape index (κ2) is 5.72. The van der Waals surface area contributed by atoms with Gasteiger partial charge in [-0.25, -0.2) is 0 Å². The van der Waals surface area contributed by atoms with E-state index in [9.17, 15) is 0 Å². The molecule has 0 unspecified atom stereocenters.